The van der Waals surface area contributed by atoms with Gasteiger partial charge in [0.1, 0.15) is 17.7 Å². The third-order valence-electron chi connectivity index (χ3n) is 1.77. The van der Waals surface area contributed by atoms with Crippen molar-refractivity contribution in [2.75, 3.05) is 0 Å². The summed E-state index contributed by atoms with van der Waals surface area (Å²) in [6.45, 7) is 0. The number of rotatable bonds is 3. The topological polar surface area (TPSA) is 67.8 Å². The third kappa shape index (κ3) is 2.77. The first kappa shape index (κ1) is 10.6. The minimum Gasteiger partial charge on any atom is -0.550 e. The zero-order chi connectivity index (χ0) is 10.7. The van der Waals surface area contributed by atoms with Gasteiger partial charge in [0, 0.05) is 24.0 Å². The van der Waals surface area contributed by atoms with Crippen molar-refractivity contribution in [3.63, 3.8) is 0 Å². The molecule has 0 fully saturated rings. The molecule has 0 unspecified atom stereocenters. The lowest BCUT2D eigenvalue weighted by Gasteiger charge is -2.09. The van der Waals surface area contributed by atoms with Crippen LogP contribution in [0, 0.1) is 11.6 Å². The molecule has 0 aromatic heterocycles. The highest BCUT2D eigenvalue weighted by Crippen LogP contribution is 2.15. The van der Waals surface area contributed by atoms with Gasteiger partial charge in [0.15, 0.2) is 0 Å². The van der Waals surface area contributed by atoms with Gasteiger partial charge in [0.2, 0.25) is 0 Å². The first-order chi connectivity index (χ1) is 6.49. The molecule has 0 aliphatic carbocycles. The van der Waals surface area contributed by atoms with Crippen LogP contribution >= 0.6 is 0 Å². The Labute approximate surface area is 79.2 Å². The van der Waals surface area contributed by atoms with E-state index in [0.717, 1.165) is 18.2 Å². The van der Waals surface area contributed by atoms with Crippen LogP contribution in [-0.2, 0) is 4.79 Å². The van der Waals surface area contributed by atoms with E-state index in [0.29, 0.717) is 0 Å². The Kier molecular flexibility index (Phi) is 3.14. The number of halogens is 2. The van der Waals surface area contributed by atoms with Crippen LogP contribution in [0.3, 0.4) is 0 Å². The van der Waals surface area contributed by atoms with Crippen LogP contribution in [-0.4, -0.2) is 5.97 Å². The Morgan fingerprint density at radius 3 is 2.29 bits per heavy atom. The van der Waals surface area contributed by atoms with Gasteiger partial charge >= 0.3 is 0 Å². The number of quaternary nitrogens is 1. The Balaban J connectivity index is 2.89. The highest BCUT2D eigenvalue weighted by Gasteiger charge is 2.12. The lowest BCUT2D eigenvalue weighted by atomic mass is 10.0. The molecular weight excluding hydrogens is 192 g/mol. The molecule has 0 radical (unpaired) electrons. The van der Waals surface area contributed by atoms with Crippen molar-refractivity contribution in [1.29, 1.82) is 0 Å². The maximum absolute atomic E-state index is 12.7. The summed E-state index contributed by atoms with van der Waals surface area (Å²) in [7, 11) is 0. The van der Waals surface area contributed by atoms with Gasteiger partial charge in [-0.2, -0.15) is 0 Å². The van der Waals surface area contributed by atoms with Gasteiger partial charge in [0.25, 0.3) is 0 Å². The van der Waals surface area contributed by atoms with Crippen LogP contribution in [0.2, 0.25) is 0 Å². The van der Waals surface area contributed by atoms with E-state index in [1.807, 2.05) is 0 Å². The van der Waals surface area contributed by atoms with Crippen LogP contribution in [0.5, 0.6) is 0 Å². The summed E-state index contributed by atoms with van der Waals surface area (Å²) >= 11 is 0. The predicted octanol–water partition coefficient (Wildman–Crippen LogP) is -0.612. The molecule has 1 rings (SSSR count). The number of benzene rings is 1. The molecule has 5 heteroatoms. The third-order valence-corrected chi connectivity index (χ3v) is 1.77. The Morgan fingerprint density at radius 2 is 1.86 bits per heavy atom. The van der Waals surface area contributed by atoms with E-state index in [1.54, 1.807) is 0 Å². The second-order valence-electron chi connectivity index (χ2n) is 2.98. The fourth-order valence-corrected chi connectivity index (χ4v) is 1.13. The van der Waals surface area contributed by atoms with Crippen molar-refractivity contribution in [2.24, 2.45) is 0 Å². The van der Waals surface area contributed by atoms with Gasteiger partial charge in [-0.15, -0.1) is 0 Å². The van der Waals surface area contributed by atoms with E-state index >= 15 is 0 Å². The first-order valence-electron chi connectivity index (χ1n) is 3.98. The second kappa shape index (κ2) is 4.15. The molecule has 0 heterocycles. The number of hydrogen-bond donors (Lipinski definition) is 1. The SMILES string of the molecule is [NH3+][C@H](CC(=O)[O-])c1cc(F)cc(F)c1. The molecule has 76 valence electrons. The number of carbonyl (C=O) groups is 1. The number of carboxylic acid groups (broad SMARTS) is 1. The molecule has 3 nitrogen and oxygen atoms in total. The van der Waals surface area contributed by atoms with Gasteiger partial charge in [0.05, 0.1) is 0 Å². The molecule has 0 amide bonds. The van der Waals surface area contributed by atoms with Crippen LogP contribution < -0.4 is 10.8 Å². The highest BCUT2D eigenvalue weighted by atomic mass is 19.1. The van der Waals surface area contributed by atoms with Crippen molar-refractivity contribution >= 4 is 5.97 Å². The van der Waals surface area contributed by atoms with Crippen molar-refractivity contribution in [1.82, 2.24) is 0 Å². The van der Waals surface area contributed by atoms with Crippen molar-refractivity contribution in [3.8, 4) is 0 Å². The summed E-state index contributed by atoms with van der Waals surface area (Å²) in [6.07, 6.45) is -0.358. The summed E-state index contributed by atoms with van der Waals surface area (Å²) in [4.78, 5) is 10.2. The molecule has 0 spiro atoms. The zero-order valence-electron chi connectivity index (χ0n) is 7.30. The Hall–Kier alpha value is -1.49. The first-order valence-corrected chi connectivity index (χ1v) is 3.98. The van der Waals surface area contributed by atoms with Crippen LogP contribution in [0.25, 0.3) is 0 Å². The summed E-state index contributed by atoms with van der Waals surface area (Å²) in [5.41, 5.74) is 3.69. The molecule has 0 aliphatic rings. The highest BCUT2D eigenvalue weighted by molar-refractivity contribution is 5.65. The minimum absolute atomic E-state index is 0.215. The summed E-state index contributed by atoms with van der Waals surface area (Å²) < 4.78 is 25.4. The largest absolute Gasteiger partial charge is 0.550 e. The van der Waals surface area contributed by atoms with E-state index in [4.69, 9.17) is 0 Å². The lowest BCUT2D eigenvalue weighted by Crippen LogP contribution is -2.55. The average Bonchev–Trinajstić information content (AvgIpc) is 2.00. The van der Waals surface area contributed by atoms with E-state index < -0.39 is 23.6 Å². The van der Waals surface area contributed by atoms with Gasteiger partial charge in [-0.3, -0.25) is 0 Å². The molecule has 1 atom stereocenters. The Bertz CT molecular complexity index is 334. The van der Waals surface area contributed by atoms with Crippen LogP contribution in [0.1, 0.15) is 18.0 Å². The molecule has 0 saturated carbocycles. The summed E-state index contributed by atoms with van der Waals surface area (Å²) in [5, 5.41) is 10.2. The maximum Gasteiger partial charge on any atom is 0.126 e. The van der Waals surface area contributed by atoms with E-state index in [2.05, 4.69) is 5.73 Å². The van der Waals surface area contributed by atoms with Crippen LogP contribution in [0.15, 0.2) is 18.2 Å². The van der Waals surface area contributed by atoms with Crippen LogP contribution in [0.4, 0.5) is 8.78 Å². The molecule has 14 heavy (non-hydrogen) atoms. The van der Waals surface area contributed by atoms with Crippen molar-refractivity contribution in [2.45, 2.75) is 12.5 Å². The molecule has 1 aromatic carbocycles. The summed E-state index contributed by atoms with van der Waals surface area (Å²) in [5.74, 6) is -2.78. The number of hydrogen-bond acceptors (Lipinski definition) is 2. The molecule has 1 aromatic rings. The van der Waals surface area contributed by atoms with E-state index in [-0.39, 0.29) is 12.0 Å². The fraction of sp³-hybridized carbons (Fsp3) is 0.222. The summed E-state index contributed by atoms with van der Waals surface area (Å²) in [6, 6.07) is 2.13. The lowest BCUT2D eigenvalue weighted by molar-refractivity contribution is -0.430. The van der Waals surface area contributed by atoms with Gasteiger partial charge in [-0.1, -0.05) is 0 Å². The normalized spacial score (nSPS) is 12.5. The van der Waals surface area contributed by atoms with Gasteiger partial charge in [-0.05, 0) is 12.1 Å². The molecular formula is C9H9F2NO2. The average molecular weight is 201 g/mol. The maximum atomic E-state index is 12.7. The zero-order valence-corrected chi connectivity index (χ0v) is 7.30. The molecule has 0 aliphatic heterocycles. The van der Waals surface area contributed by atoms with Gasteiger partial charge in [-0.25, -0.2) is 8.78 Å². The monoisotopic (exact) mass is 201 g/mol. The molecule has 3 N–H and O–H groups in total. The standard InChI is InChI=1S/C9H9F2NO2/c10-6-1-5(2-7(11)3-6)8(12)4-9(13)14/h1-3,8H,4,12H2,(H,13,14)/t8-/m1/s1. The quantitative estimate of drug-likeness (QED) is 0.708. The fourth-order valence-electron chi connectivity index (χ4n) is 1.13. The number of carbonyl (C=O) groups excluding carboxylic acids is 1. The predicted molar refractivity (Wildman–Crippen MR) is 41.6 cm³/mol. The van der Waals surface area contributed by atoms with E-state index in [1.165, 1.54) is 0 Å². The minimum atomic E-state index is -1.30. The Morgan fingerprint density at radius 1 is 1.36 bits per heavy atom. The van der Waals surface area contributed by atoms with E-state index in [9.17, 15) is 18.7 Å². The number of carboxylic acids is 1. The van der Waals surface area contributed by atoms with Crippen molar-refractivity contribution < 1.29 is 24.4 Å². The van der Waals surface area contributed by atoms with Crippen molar-refractivity contribution in [3.05, 3.63) is 35.4 Å². The smallest absolute Gasteiger partial charge is 0.126 e. The number of aliphatic carboxylic acids is 1. The molecule has 0 bridgehead atoms. The molecule has 0 saturated heterocycles. The second-order valence-corrected chi connectivity index (χ2v) is 2.98. The van der Waals surface area contributed by atoms with Gasteiger partial charge < -0.3 is 15.6 Å².